The van der Waals surface area contributed by atoms with Gasteiger partial charge in [0.15, 0.2) is 0 Å². The molecule has 0 amide bonds. The van der Waals surface area contributed by atoms with Crippen LogP contribution in [0.1, 0.15) is 11.3 Å². The Labute approximate surface area is 196 Å². The normalized spacial score (nSPS) is 11.8. The molecule has 0 aliphatic heterocycles. The van der Waals surface area contributed by atoms with E-state index in [9.17, 15) is 13.2 Å². The van der Waals surface area contributed by atoms with Crippen LogP contribution in [0.3, 0.4) is 0 Å². The van der Waals surface area contributed by atoms with Gasteiger partial charge < -0.3 is 0 Å². The average molecular weight is 479 g/mol. The summed E-state index contributed by atoms with van der Waals surface area (Å²) in [6.07, 6.45) is 1.52. The first-order valence-electron chi connectivity index (χ1n) is 10.3. The molecule has 2 heterocycles. The van der Waals surface area contributed by atoms with Gasteiger partial charge in [-0.1, -0.05) is 60.7 Å². The number of nitrogens with zero attached hydrogens (tertiary/aromatic N) is 3. The molecule has 4 rings (SSSR count). The predicted molar refractivity (Wildman–Crippen MR) is 132 cm³/mol. The number of rotatable bonds is 8. The van der Waals surface area contributed by atoms with E-state index in [-0.39, 0.29) is 18.6 Å². The summed E-state index contributed by atoms with van der Waals surface area (Å²) >= 11 is 1.50. The zero-order valence-corrected chi connectivity index (χ0v) is 19.5. The molecular weight excluding hydrogens is 456 g/mol. The molecule has 9 heteroatoms. The third kappa shape index (κ3) is 5.89. The van der Waals surface area contributed by atoms with E-state index in [0.717, 1.165) is 32.1 Å². The first-order chi connectivity index (χ1) is 15.9. The van der Waals surface area contributed by atoms with Crippen LogP contribution in [0.2, 0.25) is 0 Å². The lowest BCUT2D eigenvalue weighted by molar-refractivity contribution is 0.554. The Morgan fingerprint density at radius 2 is 1.70 bits per heavy atom. The number of hydrogen-bond donors (Lipinski definition) is 1. The van der Waals surface area contributed by atoms with Gasteiger partial charge in [0.05, 0.1) is 17.1 Å². The third-order valence-electron chi connectivity index (χ3n) is 4.78. The second-order valence-corrected chi connectivity index (χ2v) is 9.88. The topological polar surface area (TPSA) is 94.0 Å². The highest BCUT2D eigenvalue weighted by Gasteiger charge is 2.14. The summed E-state index contributed by atoms with van der Waals surface area (Å²) < 4.78 is 28.2. The van der Waals surface area contributed by atoms with Gasteiger partial charge in [-0.2, -0.15) is 5.10 Å². The van der Waals surface area contributed by atoms with Crippen LogP contribution in [0.15, 0.2) is 83.0 Å². The van der Waals surface area contributed by atoms with E-state index in [1.54, 1.807) is 6.07 Å². The van der Waals surface area contributed by atoms with Crippen molar-refractivity contribution < 1.29 is 8.42 Å². The minimum atomic E-state index is -3.64. The van der Waals surface area contributed by atoms with Crippen molar-refractivity contribution in [3.63, 3.8) is 0 Å². The zero-order valence-electron chi connectivity index (χ0n) is 17.9. The number of sulfonamides is 1. The molecule has 0 bridgehead atoms. The molecule has 4 aromatic rings. The van der Waals surface area contributed by atoms with Gasteiger partial charge in [-0.05, 0) is 24.6 Å². The van der Waals surface area contributed by atoms with Crippen molar-refractivity contribution in [2.24, 2.45) is 0 Å². The van der Waals surface area contributed by atoms with Gasteiger partial charge in [-0.3, -0.25) is 4.79 Å². The Balaban J connectivity index is 1.47. The van der Waals surface area contributed by atoms with Gasteiger partial charge >= 0.3 is 0 Å². The van der Waals surface area contributed by atoms with Gasteiger partial charge in [0.2, 0.25) is 10.0 Å². The second kappa shape index (κ2) is 10.0. The molecule has 0 fully saturated rings. The average Bonchev–Trinajstić information content (AvgIpc) is 3.22. The molecule has 168 valence electrons. The summed E-state index contributed by atoms with van der Waals surface area (Å²) in [5.41, 5.74) is 2.94. The molecule has 7 nitrogen and oxygen atoms in total. The van der Waals surface area contributed by atoms with Crippen LogP contribution in [-0.4, -0.2) is 29.7 Å². The maximum atomic E-state index is 12.3. The molecule has 0 radical (unpaired) electrons. The highest BCUT2D eigenvalue weighted by atomic mass is 32.2. The number of aryl methyl sites for hydroxylation is 1. The molecule has 0 spiro atoms. The monoisotopic (exact) mass is 478 g/mol. The van der Waals surface area contributed by atoms with Crippen LogP contribution in [-0.2, 0) is 16.6 Å². The Hall–Kier alpha value is -3.40. The highest BCUT2D eigenvalue weighted by Crippen LogP contribution is 2.33. The Morgan fingerprint density at radius 3 is 2.42 bits per heavy atom. The van der Waals surface area contributed by atoms with E-state index in [1.807, 2.05) is 67.6 Å². The molecule has 2 aromatic heterocycles. The summed E-state index contributed by atoms with van der Waals surface area (Å²) in [4.78, 5) is 17.8. The van der Waals surface area contributed by atoms with Gasteiger partial charge in [0, 0.05) is 23.6 Å². The van der Waals surface area contributed by atoms with E-state index in [4.69, 9.17) is 0 Å². The summed E-state index contributed by atoms with van der Waals surface area (Å²) in [6, 6.07) is 22.1. The maximum Gasteiger partial charge on any atom is 0.266 e. The molecule has 0 saturated carbocycles. The lowest BCUT2D eigenvalue weighted by atomic mass is 10.2. The Morgan fingerprint density at radius 1 is 1.00 bits per heavy atom. The molecular formula is C24H22N4O3S2. The van der Waals surface area contributed by atoms with Crippen molar-refractivity contribution in [3.8, 4) is 21.1 Å². The number of thiazole rings is 1. The van der Waals surface area contributed by atoms with E-state index in [0.29, 0.717) is 5.69 Å². The molecule has 2 aromatic carbocycles. The van der Waals surface area contributed by atoms with Crippen LogP contribution >= 0.6 is 11.3 Å². The van der Waals surface area contributed by atoms with Gasteiger partial charge in [0.1, 0.15) is 10.7 Å². The van der Waals surface area contributed by atoms with Crippen molar-refractivity contribution in [1.82, 2.24) is 19.5 Å². The molecule has 0 aliphatic carbocycles. The fourth-order valence-corrected chi connectivity index (χ4v) is 4.99. The quantitative estimate of drug-likeness (QED) is 0.414. The van der Waals surface area contributed by atoms with Gasteiger partial charge in [-0.15, -0.1) is 11.3 Å². The lowest BCUT2D eigenvalue weighted by Crippen LogP contribution is -2.31. The fourth-order valence-electron chi connectivity index (χ4n) is 3.14. The number of nitrogens with one attached hydrogen (secondary N) is 1. The van der Waals surface area contributed by atoms with Crippen LogP contribution < -0.4 is 10.3 Å². The third-order valence-corrected chi connectivity index (χ3v) is 7.11. The maximum absolute atomic E-state index is 12.3. The lowest BCUT2D eigenvalue weighted by Gasteiger charge is -2.07. The summed E-state index contributed by atoms with van der Waals surface area (Å²) in [7, 11) is -3.64. The van der Waals surface area contributed by atoms with E-state index >= 15 is 0 Å². The van der Waals surface area contributed by atoms with Crippen molar-refractivity contribution >= 4 is 27.4 Å². The minimum Gasteiger partial charge on any atom is -0.268 e. The fraction of sp³-hybridized carbons (Fsp3) is 0.125. The van der Waals surface area contributed by atoms with Crippen LogP contribution in [0, 0.1) is 6.92 Å². The van der Waals surface area contributed by atoms with E-state index in [1.165, 1.54) is 28.2 Å². The number of benzene rings is 2. The summed E-state index contributed by atoms with van der Waals surface area (Å²) in [5, 5.41) is 6.43. The predicted octanol–water partition coefficient (Wildman–Crippen LogP) is 3.93. The second-order valence-electron chi connectivity index (χ2n) is 7.23. The molecule has 33 heavy (non-hydrogen) atoms. The minimum absolute atomic E-state index is 0.0365. The molecule has 0 unspecified atom stereocenters. The van der Waals surface area contributed by atoms with Crippen LogP contribution in [0.5, 0.6) is 0 Å². The molecule has 0 saturated heterocycles. The molecule has 0 aliphatic rings. The first kappa shape index (κ1) is 22.8. The van der Waals surface area contributed by atoms with Gasteiger partial charge in [-0.25, -0.2) is 22.8 Å². The van der Waals surface area contributed by atoms with Crippen molar-refractivity contribution in [2.75, 3.05) is 6.54 Å². The summed E-state index contributed by atoms with van der Waals surface area (Å²) in [6.45, 7) is 2.05. The largest absolute Gasteiger partial charge is 0.268 e. The number of aromatic nitrogens is 3. The molecule has 0 atom stereocenters. The smallest absolute Gasteiger partial charge is 0.266 e. The van der Waals surface area contributed by atoms with Crippen LogP contribution in [0.25, 0.3) is 27.2 Å². The number of hydrogen-bond acceptors (Lipinski definition) is 6. The zero-order chi connectivity index (χ0) is 23.3. The SMILES string of the molecule is Cc1nc(-c2ccccc2)sc1-c1ccc(=O)n(CCNS(=O)(=O)C=Cc2ccccc2)n1. The summed E-state index contributed by atoms with van der Waals surface area (Å²) in [5.74, 6) is 0. The van der Waals surface area contributed by atoms with Crippen molar-refractivity contribution in [3.05, 3.63) is 99.8 Å². The Kier molecular flexibility index (Phi) is 6.93. The van der Waals surface area contributed by atoms with Crippen molar-refractivity contribution in [2.45, 2.75) is 13.5 Å². The standard InChI is InChI=1S/C24H22N4O3S2/c1-18-23(32-24(26-18)20-10-6-3-7-11-20)21-12-13-22(29)28(27-21)16-15-25-33(30,31)17-14-19-8-4-2-5-9-19/h2-14,17,25H,15-16H2,1H3. The Bertz CT molecular complexity index is 1430. The van der Waals surface area contributed by atoms with Crippen molar-refractivity contribution in [1.29, 1.82) is 0 Å². The molecule has 1 N–H and O–H groups in total. The van der Waals surface area contributed by atoms with Gasteiger partial charge in [0.25, 0.3) is 5.56 Å². The highest BCUT2D eigenvalue weighted by molar-refractivity contribution is 7.92. The van der Waals surface area contributed by atoms with E-state index < -0.39 is 10.0 Å². The first-order valence-corrected chi connectivity index (χ1v) is 12.6. The van der Waals surface area contributed by atoms with E-state index in [2.05, 4.69) is 14.8 Å². The van der Waals surface area contributed by atoms with Crippen LogP contribution in [0.4, 0.5) is 0 Å².